The van der Waals surface area contributed by atoms with E-state index in [-0.39, 0.29) is 11.9 Å². The first-order chi connectivity index (χ1) is 12.1. The molecule has 0 spiro atoms. The normalized spacial score (nSPS) is 20.4. The number of rotatable bonds is 5. The van der Waals surface area contributed by atoms with Crippen LogP contribution in [0.3, 0.4) is 0 Å². The van der Waals surface area contributed by atoms with Gasteiger partial charge in [-0.25, -0.2) is 0 Å². The standard InChI is InChI=1S/C20H25NO4/c1-3-25-20(23)15-5-4-10-21(12-15)13-18-17-11-16(24-2)8-6-14(17)7-9-19(18)22/h6-9,11,15,22H,3-5,10,12-13H2,1-2H3/p+1/t15-/m0/s1. The van der Waals surface area contributed by atoms with Crippen LogP contribution >= 0.6 is 0 Å². The van der Waals surface area contributed by atoms with Crippen LogP contribution in [0.2, 0.25) is 0 Å². The number of hydrogen-bond acceptors (Lipinski definition) is 4. The second-order valence-corrected chi connectivity index (χ2v) is 6.62. The minimum atomic E-state index is -0.0940. The molecule has 2 atom stereocenters. The van der Waals surface area contributed by atoms with E-state index >= 15 is 0 Å². The fourth-order valence-electron chi connectivity index (χ4n) is 3.69. The van der Waals surface area contributed by atoms with E-state index in [9.17, 15) is 9.90 Å². The van der Waals surface area contributed by atoms with E-state index in [1.807, 2.05) is 31.2 Å². The molecule has 25 heavy (non-hydrogen) atoms. The largest absolute Gasteiger partial charge is 0.507 e. The van der Waals surface area contributed by atoms with Crippen LogP contribution < -0.4 is 9.64 Å². The van der Waals surface area contributed by atoms with Crippen molar-refractivity contribution >= 4 is 16.7 Å². The second-order valence-electron chi connectivity index (χ2n) is 6.62. The smallest absolute Gasteiger partial charge is 0.314 e. The highest BCUT2D eigenvalue weighted by atomic mass is 16.5. The van der Waals surface area contributed by atoms with Gasteiger partial charge in [-0.15, -0.1) is 0 Å². The van der Waals surface area contributed by atoms with Gasteiger partial charge < -0.3 is 19.5 Å². The number of hydrogen-bond donors (Lipinski definition) is 2. The van der Waals surface area contributed by atoms with Crippen LogP contribution in [0, 0.1) is 5.92 Å². The number of quaternary nitrogens is 1. The fourth-order valence-corrected chi connectivity index (χ4v) is 3.69. The molecule has 1 fully saturated rings. The summed E-state index contributed by atoms with van der Waals surface area (Å²) in [6.07, 6.45) is 1.88. The summed E-state index contributed by atoms with van der Waals surface area (Å²) in [5, 5.41) is 12.5. The molecule has 5 heteroatoms. The zero-order valence-electron chi connectivity index (χ0n) is 14.9. The number of carbonyl (C=O) groups is 1. The van der Waals surface area contributed by atoms with Crippen molar-refractivity contribution in [3.05, 3.63) is 35.9 Å². The van der Waals surface area contributed by atoms with E-state index in [0.717, 1.165) is 48.0 Å². The van der Waals surface area contributed by atoms with Crippen LogP contribution in [0.4, 0.5) is 0 Å². The van der Waals surface area contributed by atoms with Crippen LogP contribution in [0.25, 0.3) is 10.8 Å². The first-order valence-electron chi connectivity index (χ1n) is 8.91. The number of fused-ring (bicyclic) bond motifs is 1. The van der Waals surface area contributed by atoms with E-state index < -0.39 is 0 Å². The summed E-state index contributed by atoms with van der Waals surface area (Å²) < 4.78 is 10.5. The van der Waals surface area contributed by atoms with Crippen LogP contribution in [0.1, 0.15) is 25.3 Å². The Labute approximate surface area is 148 Å². The van der Waals surface area contributed by atoms with Crippen LogP contribution in [0.15, 0.2) is 30.3 Å². The second kappa shape index (κ2) is 7.74. The summed E-state index contributed by atoms with van der Waals surface area (Å²) in [5.74, 6) is 0.933. The minimum Gasteiger partial charge on any atom is -0.507 e. The lowest BCUT2D eigenvalue weighted by Gasteiger charge is -2.29. The van der Waals surface area contributed by atoms with Gasteiger partial charge in [0.25, 0.3) is 0 Å². The van der Waals surface area contributed by atoms with Gasteiger partial charge in [0.05, 0.1) is 32.4 Å². The van der Waals surface area contributed by atoms with Gasteiger partial charge in [0.15, 0.2) is 0 Å². The van der Waals surface area contributed by atoms with Gasteiger partial charge in [-0.3, -0.25) is 4.79 Å². The molecule has 5 nitrogen and oxygen atoms in total. The number of methoxy groups -OCH3 is 1. The van der Waals surface area contributed by atoms with Crippen molar-refractivity contribution in [1.82, 2.24) is 0 Å². The molecule has 2 aromatic rings. The summed E-state index contributed by atoms with van der Waals surface area (Å²) in [6.45, 7) is 4.70. The third-order valence-corrected chi connectivity index (χ3v) is 4.98. The number of phenols is 1. The fraction of sp³-hybridized carbons (Fsp3) is 0.450. The number of likely N-dealkylation sites (tertiary alicyclic amines) is 1. The Bertz CT molecular complexity index is 759. The molecular formula is C20H26NO4+. The van der Waals surface area contributed by atoms with E-state index in [1.165, 1.54) is 4.90 Å². The molecule has 1 unspecified atom stereocenters. The summed E-state index contributed by atoms with van der Waals surface area (Å²) in [6, 6.07) is 9.56. The molecule has 3 rings (SSSR count). The Balaban J connectivity index is 1.84. The van der Waals surface area contributed by atoms with Crippen molar-refractivity contribution < 1.29 is 24.3 Å². The summed E-state index contributed by atoms with van der Waals surface area (Å²) in [7, 11) is 1.64. The average Bonchev–Trinajstić information content (AvgIpc) is 2.64. The highest BCUT2D eigenvalue weighted by Crippen LogP contribution is 2.29. The van der Waals surface area contributed by atoms with Crippen LogP contribution in [-0.2, 0) is 16.1 Å². The van der Waals surface area contributed by atoms with E-state index in [1.54, 1.807) is 13.2 Å². The SMILES string of the molecule is CCOC(=O)[C@H]1CCC[NH+](Cc2c(O)ccc3ccc(OC)cc23)C1. The van der Waals surface area contributed by atoms with Crippen molar-refractivity contribution in [2.45, 2.75) is 26.3 Å². The van der Waals surface area contributed by atoms with Gasteiger partial charge in [-0.1, -0.05) is 12.1 Å². The maximum atomic E-state index is 12.1. The number of benzene rings is 2. The first-order valence-corrected chi connectivity index (χ1v) is 8.91. The topological polar surface area (TPSA) is 60.2 Å². The molecule has 0 radical (unpaired) electrons. The average molecular weight is 344 g/mol. The van der Waals surface area contributed by atoms with E-state index in [2.05, 4.69) is 0 Å². The molecule has 2 N–H and O–H groups in total. The molecular weight excluding hydrogens is 318 g/mol. The molecule has 0 aliphatic carbocycles. The van der Waals surface area contributed by atoms with Gasteiger partial charge in [0, 0.05) is 0 Å². The molecule has 0 aromatic heterocycles. The summed E-state index contributed by atoms with van der Waals surface area (Å²) in [4.78, 5) is 13.4. The number of ether oxygens (including phenoxy) is 2. The van der Waals surface area contributed by atoms with Crippen molar-refractivity contribution in [2.24, 2.45) is 5.92 Å². The highest BCUT2D eigenvalue weighted by Gasteiger charge is 2.30. The lowest BCUT2D eigenvalue weighted by molar-refractivity contribution is -0.921. The molecule has 0 saturated carbocycles. The maximum absolute atomic E-state index is 12.1. The number of aromatic hydroxyl groups is 1. The number of esters is 1. The Morgan fingerprint density at radius 2 is 2.12 bits per heavy atom. The number of phenolic OH excluding ortho intramolecular Hbond substituents is 1. The molecule has 1 aliphatic heterocycles. The summed E-state index contributed by atoms with van der Waals surface area (Å²) >= 11 is 0. The lowest BCUT2D eigenvalue weighted by Crippen LogP contribution is -3.12. The van der Waals surface area contributed by atoms with Gasteiger partial charge in [0.2, 0.25) is 0 Å². The molecule has 1 aliphatic rings. The zero-order chi connectivity index (χ0) is 17.8. The van der Waals surface area contributed by atoms with Gasteiger partial charge in [0.1, 0.15) is 24.0 Å². The number of carbonyl (C=O) groups excluding carboxylic acids is 1. The Hall–Kier alpha value is -2.27. The molecule has 1 heterocycles. The Morgan fingerprint density at radius 3 is 2.88 bits per heavy atom. The van der Waals surface area contributed by atoms with Gasteiger partial charge >= 0.3 is 5.97 Å². The van der Waals surface area contributed by atoms with Crippen LogP contribution in [-0.4, -0.2) is 37.9 Å². The maximum Gasteiger partial charge on any atom is 0.314 e. The quantitative estimate of drug-likeness (QED) is 0.814. The third-order valence-electron chi connectivity index (χ3n) is 4.98. The minimum absolute atomic E-state index is 0.0460. The third kappa shape index (κ3) is 3.87. The molecule has 1 saturated heterocycles. The van der Waals surface area contributed by atoms with Crippen molar-refractivity contribution in [3.8, 4) is 11.5 Å². The van der Waals surface area contributed by atoms with Crippen molar-refractivity contribution in [3.63, 3.8) is 0 Å². The zero-order valence-corrected chi connectivity index (χ0v) is 14.9. The summed E-state index contributed by atoms with van der Waals surface area (Å²) in [5.41, 5.74) is 0.913. The molecule has 2 aromatic carbocycles. The van der Waals surface area contributed by atoms with Gasteiger partial charge in [-0.2, -0.15) is 0 Å². The first kappa shape index (κ1) is 17.5. The monoisotopic (exact) mass is 344 g/mol. The van der Waals surface area contributed by atoms with E-state index in [4.69, 9.17) is 9.47 Å². The predicted molar refractivity (Wildman–Crippen MR) is 95.9 cm³/mol. The van der Waals surface area contributed by atoms with Crippen molar-refractivity contribution in [1.29, 1.82) is 0 Å². The molecule has 0 bridgehead atoms. The van der Waals surface area contributed by atoms with Crippen LogP contribution in [0.5, 0.6) is 11.5 Å². The van der Waals surface area contributed by atoms with Gasteiger partial charge in [-0.05, 0) is 48.7 Å². The molecule has 0 amide bonds. The lowest BCUT2D eigenvalue weighted by atomic mass is 9.96. The predicted octanol–water partition coefficient (Wildman–Crippen LogP) is 1.91. The van der Waals surface area contributed by atoms with E-state index in [0.29, 0.717) is 18.9 Å². The Kier molecular flexibility index (Phi) is 5.43. The highest BCUT2D eigenvalue weighted by molar-refractivity contribution is 5.88. The Morgan fingerprint density at radius 1 is 1.32 bits per heavy atom. The van der Waals surface area contributed by atoms with Crippen molar-refractivity contribution in [2.75, 3.05) is 26.8 Å². The number of piperidine rings is 1. The molecule has 134 valence electrons. The number of nitrogens with one attached hydrogen (secondary N) is 1.